The van der Waals surface area contributed by atoms with E-state index in [1.165, 1.54) is 24.3 Å². The number of benzene rings is 2. The molecule has 2 rings (SSSR count). The first-order chi connectivity index (χ1) is 8.99. The number of nitrogens with one attached hydrogen (secondary N) is 1. The van der Waals surface area contributed by atoms with E-state index in [0.717, 1.165) is 5.56 Å². The molecule has 0 aliphatic rings. The Morgan fingerprint density at radius 3 is 2.32 bits per heavy atom. The lowest BCUT2D eigenvalue weighted by Gasteiger charge is -2.17. The summed E-state index contributed by atoms with van der Waals surface area (Å²) in [6.07, 6.45) is 0. The largest absolute Gasteiger partial charge is 0.508 e. The average molecular weight is 263 g/mol. The summed E-state index contributed by atoms with van der Waals surface area (Å²) in [5.41, 5.74) is 1.34. The van der Waals surface area contributed by atoms with Gasteiger partial charge in [-0.2, -0.15) is 0 Å². The van der Waals surface area contributed by atoms with Crippen LogP contribution in [0.2, 0.25) is 0 Å². The number of hydrogen-bond donors (Lipinski definition) is 2. The topological polar surface area (TPSA) is 32.3 Å². The van der Waals surface area contributed by atoms with Crippen LogP contribution in [0.1, 0.15) is 24.1 Å². The summed E-state index contributed by atoms with van der Waals surface area (Å²) in [4.78, 5) is 0. The van der Waals surface area contributed by atoms with Gasteiger partial charge in [-0.25, -0.2) is 8.78 Å². The molecule has 4 heteroatoms. The molecule has 2 nitrogen and oxygen atoms in total. The van der Waals surface area contributed by atoms with Crippen LogP contribution in [0.25, 0.3) is 0 Å². The maximum absolute atomic E-state index is 13.6. The van der Waals surface area contributed by atoms with Crippen LogP contribution in [0.4, 0.5) is 14.5 Å². The second-order valence-electron chi connectivity index (χ2n) is 4.50. The third kappa shape index (κ3) is 2.84. The molecule has 2 aromatic carbocycles. The van der Waals surface area contributed by atoms with Gasteiger partial charge < -0.3 is 10.4 Å². The number of rotatable bonds is 3. The molecule has 0 saturated carbocycles. The van der Waals surface area contributed by atoms with E-state index >= 15 is 0 Å². The molecule has 2 aromatic rings. The molecule has 0 radical (unpaired) electrons. The first-order valence-corrected chi connectivity index (χ1v) is 5.99. The zero-order valence-electron chi connectivity index (χ0n) is 10.7. The molecule has 0 aromatic heterocycles. The zero-order valence-corrected chi connectivity index (χ0v) is 10.7. The minimum Gasteiger partial charge on any atom is -0.508 e. The quantitative estimate of drug-likeness (QED) is 0.871. The molecule has 19 heavy (non-hydrogen) atoms. The predicted molar refractivity (Wildman–Crippen MR) is 71.2 cm³/mol. The molecule has 100 valence electrons. The standard InChI is InChI=1S/C15H15F2NO/c1-9-6-7-11(8-14(9)19)18-10(2)15-12(16)4-3-5-13(15)17/h3-8,10,18-19H,1-2H3. The van der Waals surface area contributed by atoms with Crippen LogP contribution in [0, 0.1) is 18.6 Å². The highest BCUT2D eigenvalue weighted by molar-refractivity contribution is 5.52. The van der Waals surface area contributed by atoms with Crippen molar-refractivity contribution in [3.63, 3.8) is 0 Å². The van der Waals surface area contributed by atoms with Crippen LogP contribution in [-0.4, -0.2) is 5.11 Å². The molecule has 0 spiro atoms. The summed E-state index contributed by atoms with van der Waals surface area (Å²) in [7, 11) is 0. The van der Waals surface area contributed by atoms with Crippen LogP contribution in [-0.2, 0) is 0 Å². The van der Waals surface area contributed by atoms with Crippen LogP contribution in [0.3, 0.4) is 0 Å². The maximum atomic E-state index is 13.6. The van der Waals surface area contributed by atoms with Gasteiger partial charge in [0.1, 0.15) is 17.4 Å². The molecule has 0 fully saturated rings. The van der Waals surface area contributed by atoms with Crippen molar-refractivity contribution in [2.24, 2.45) is 0 Å². The van der Waals surface area contributed by atoms with Gasteiger partial charge in [-0.1, -0.05) is 12.1 Å². The molecule has 0 bridgehead atoms. The van der Waals surface area contributed by atoms with Crippen molar-refractivity contribution in [3.8, 4) is 5.75 Å². The second kappa shape index (κ2) is 5.26. The Kier molecular flexibility index (Phi) is 3.69. The third-order valence-electron chi connectivity index (χ3n) is 3.03. The Morgan fingerprint density at radius 1 is 1.11 bits per heavy atom. The SMILES string of the molecule is Cc1ccc(NC(C)c2c(F)cccc2F)cc1O. The fraction of sp³-hybridized carbons (Fsp3) is 0.200. The Morgan fingerprint density at radius 2 is 1.74 bits per heavy atom. The van der Waals surface area contributed by atoms with Gasteiger partial charge in [0.25, 0.3) is 0 Å². The van der Waals surface area contributed by atoms with E-state index < -0.39 is 17.7 Å². The van der Waals surface area contributed by atoms with Crippen molar-refractivity contribution in [3.05, 3.63) is 59.2 Å². The molecule has 0 heterocycles. The van der Waals surface area contributed by atoms with Crippen molar-refractivity contribution >= 4 is 5.69 Å². The minimum absolute atomic E-state index is 0.0115. The second-order valence-corrected chi connectivity index (χ2v) is 4.50. The van der Waals surface area contributed by atoms with Crippen LogP contribution >= 0.6 is 0 Å². The summed E-state index contributed by atoms with van der Waals surface area (Å²) in [5, 5.41) is 12.6. The molecular formula is C15H15F2NO. The predicted octanol–water partition coefficient (Wildman–Crippen LogP) is 4.15. The summed E-state index contributed by atoms with van der Waals surface area (Å²) in [5.74, 6) is -1.03. The monoisotopic (exact) mass is 263 g/mol. The minimum atomic E-state index is -0.587. The van der Waals surface area contributed by atoms with Gasteiger partial charge in [0.15, 0.2) is 0 Å². The number of halogens is 2. The smallest absolute Gasteiger partial charge is 0.131 e. The third-order valence-corrected chi connectivity index (χ3v) is 3.03. The Hall–Kier alpha value is -2.10. The van der Waals surface area contributed by atoms with Gasteiger partial charge in [0.05, 0.1) is 6.04 Å². The fourth-order valence-electron chi connectivity index (χ4n) is 1.95. The van der Waals surface area contributed by atoms with E-state index in [9.17, 15) is 13.9 Å². The highest BCUT2D eigenvalue weighted by Gasteiger charge is 2.15. The normalized spacial score (nSPS) is 12.2. The maximum Gasteiger partial charge on any atom is 0.131 e. The lowest BCUT2D eigenvalue weighted by molar-refractivity contribution is 0.471. The van der Waals surface area contributed by atoms with Crippen molar-refractivity contribution in [2.45, 2.75) is 19.9 Å². The van der Waals surface area contributed by atoms with E-state index in [-0.39, 0.29) is 11.3 Å². The van der Waals surface area contributed by atoms with Gasteiger partial charge in [-0.3, -0.25) is 0 Å². The van der Waals surface area contributed by atoms with Crippen LogP contribution < -0.4 is 5.32 Å². The number of phenolic OH excluding ortho intramolecular Hbond substituents is 1. The summed E-state index contributed by atoms with van der Waals surface area (Å²) in [6, 6.07) is 8.27. The average Bonchev–Trinajstić information content (AvgIpc) is 2.33. The highest BCUT2D eigenvalue weighted by atomic mass is 19.1. The summed E-state index contributed by atoms with van der Waals surface area (Å²) < 4.78 is 27.2. The summed E-state index contributed by atoms with van der Waals surface area (Å²) >= 11 is 0. The van der Waals surface area contributed by atoms with Crippen molar-refractivity contribution in [1.82, 2.24) is 0 Å². The van der Waals surface area contributed by atoms with Gasteiger partial charge >= 0.3 is 0 Å². The number of phenols is 1. The van der Waals surface area contributed by atoms with Crippen LogP contribution in [0.5, 0.6) is 5.75 Å². The molecule has 0 aliphatic heterocycles. The Balaban J connectivity index is 2.25. The van der Waals surface area contributed by atoms with Crippen LogP contribution in [0.15, 0.2) is 36.4 Å². The Labute approximate surface area is 110 Å². The highest BCUT2D eigenvalue weighted by Crippen LogP contribution is 2.27. The first kappa shape index (κ1) is 13.3. The van der Waals surface area contributed by atoms with E-state index in [4.69, 9.17) is 0 Å². The van der Waals surface area contributed by atoms with Gasteiger partial charge in [0, 0.05) is 17.3 Å². The molecular weight excluding hydrogens is 248 g/mol. The number of anilines is 1. The van der Waals surface area contributed by atoms with Crippen molar-refractivity contribution in [2.75, 3.05) is 5.32 Å². The van der Waals surface area contributed by atoms with Gasteiger partial charge in [-0.15, -0.1) is 0 Å². The van der Waals surface area contributed by atoms with E-state index in [2.05, 4.69) is 5.32 Å². The molecule has 1 unspecified atom stereocenters. The lowest BCUT2D eigenvalue weighted by atomic mass is 10.1. The molecule has 0 amide bonds. The molecule has 2 N–H and O–H groups in total. The number of aromatic hydroxyl groups is 1. The Bertz CT molecular complexity index is 578. The van der Waals surface area contributed by atoms with E-state index in [1.54, 1.807) is 26.0 Å². The molecule has 1 atom stereocenters. The number of aryl methyl sites for hydroxylation is 1. The van der Waals surface area contributed by atoms with Crippen molar-refractivity contribution in [1.29, 1.82) is 0 Å². The van der Waals surface area contributed by atoms with E-state index in [1.807, 2.05) is 0 Å². The summed E-state index contributed by atoms with van der Waals surface area (Å²) in [6.45, 7) is 3.44. The first-order valence-electron chi connectivity index (χ1n) is 5.99. The van der Waals surface area contributed by atoms with Crippen molar-refractivity contribution < 1.29 is 13.9 Å². The van der Waals surface area contributed by atoms with E-state index in [0.29, 0.717) is 5.69 Å². The zero-order chi connectivity index (χ0) is 14.0. The fourth-order valence-corrected chi connectivity index (χ4v) is 1.95. The number of hydrogen-bond acceptors (Lipinski definition) is 2. The van der Waals surface area contributed by atoms with Gasteiger partial charge in [-0.05, 0) is 37.6 Å². The lowest BCUT2D eigenvalue weighted by Crippen LogP contribution is -2.10. The molecule has 0 saturated heterocycles. The molecule has 0 aliphatic carbocycles. The van der Waals surface area contributed by atoms with Gasteiger partial charge in [0.2, 0.25) is 0 Å².